The molecule has 0 heterocycles. The van der Waals surface area contributed by atoms with Gasteiger partial charge in [0.15, 0.2) is 0 Å². The molecule has 2 aromatic carbocycles. The fourth-order valence-corrected chi connectivity index (χ4v) is 2.71. The topological polar surface area (TPSA) is 104 Å². The minimum Gasteiger partial charge on any atom is -0.492 e. The fourth-order valence-electron chi connectivity index (χ4n) is 2.48. The molecule has 0 atom stereocenters. The number of hydrogen-bond acceptors (Lipinski definition) is 5. The van der Waals surface area contributed by atoms with E-state index in [9.17, 15) is 9.59 Å². The maximum atomic E-state index is 11.9. The van der Waals surface area contributed by atoms with Crippen LogP contribution in [-0.4, -0.2) is 24.2 Å². The first kappa shape index (κ1) is 23.6. The van der Waals surface area contributed by atoms with Gasteiger partial charge < -0.3 is 14.9 Å². The van der Waals surface area contributed by atoms with E-state index >= 15 is 0 Å². The molecule has 30 heavy (non-hydrogen) atoms. The third-order valence-corrected chi connectivity index (χ3v) is 4.62. The molecule has 0 spiro atoms. The van der Waals surface area contributed by atoms with Gasteiger partial charge in [-0.25, -0.2) is 4.79 Å². The Balaban J connectivity index is 1.87. The lowest BCUT2D eigenvalue weighted by molar-refractivity contribution is -0.305. The number of esters is 1. The molecule has 2 rings (SSSR count). The smallest absolute Gasteiger partial charge is 0.316 e. The third kappa shape index (κ3) is 7.28. The molecule has 0 unspecified atom stereocenters. The van der Waals surface area contributed by atoms with Crippen molar-refractivity contribution in [3.63, 3.8) is 0 Å². The molecule has 1 amide bonds. The zero-order valence-corrected chi connectivity index (χ0v) is 18.3. The van der Waals surface area contributed by atoms with Crippen molar-refractivity contribution in [2.24, 2.45) is 5.41 Å². The van der Waals surface area contributed by atoms with E-state index < -0.39 is 5.41 Å². The third-order valence-electron chi connectivity index (χ3n) is 4.33. The number of carbonyl (C=O) groups is 2. The van der Waals surface area contributed by atoms with Crippen molar-refractivity contribution in [3.05, 3.63) is 58.6 Å². The van der Waals surface area contributed by atoms with Gasteiger partial charge in [0.05, 0.1) is 23.5 Å². The normalized spacial score (nSPS) is 11.1. The van der Waals surface area contributed by atoms with Gasteiger partial charge in [-0.2, -0.15) is 0 Å². The van der Waals surface area contributed by atoms with Crippen LogP contribution in [0.5, 0.6) is 11.5 Å². The molecule has 0 aromatic heterocycles. The van der Waals surface area contributed by atoms with Gasteiger partial charge in [-0.05, 0) is 62.2 Å². The fraction of sp³-hybridized carbons (Fsp3) is 0.348. The predicted molar refractivity (Wildman–Crippen MR) is 116 cm³/mol. The van der Waals surface area contributed by atoms with Gasteiger partial charge in [0.1, 0.15) is 11.5 Å². The second kappa shape index (κ2) is 10.4. The number of nitrogens with one attached hydrogen (secondary N) is 1. The number of hydrogen-bond donors (Lipinski definition) is 2. The van der Waals surface area contributed by atoms with Crippen LogP contribution in [0.25, 0.3) is 0 Å². The van der Waals surface area contributed by atoms with E-state index in [0.29, 0.717) is 47.2 Å². The highest BCUT2D eigenvalue weighted by Gasteiger charge is 2.23. The number of rotatable bonds is 9. The van der Waals surface area contributed by atoms with Crippen LogP contribution in [0.4, 0.5) is 0 Å². The number of quaternary nitrogens is 1. The largest absolute Gasteiger partial charge is 0.492 e. The quantitative estimate of drug-likeness (QED) is 0.357. The summed E-state index contributed by atoms with van der Waals surface area (Å²) in [6.07, 6.45) is 1.23. The lowest BCUT2D eigenvalue weighted by Crippen LogP contribution is -2.56. The number of carbonyl (C=O) groups excluding carboxylic acids is 2. The van der Waals surface area contributed by atoms with Crippen molar-refractivity contribution in [1.82, 2.24) is 0 Å². The van der Waals surface area contributed by atoms with Crippen molar-refractivity contribution in [3.8, 4) is 11.5 Å². The zero-order valence-electron chi connectivity index (χ0n) is 17.6. The standard InChI is InChI=1S/C23H27ClN2O4/c1-23(2,3)22(28)30-17-7-4-15(5-8-17)12-13-29-20-10-6-16(14-18(20)24)19(25)9-11-21(26)27/h4-8,10,14,25H,9,11-13H2,1-3H3,(H2,26,27)/p+1. The molecular weight excluding hydrogens is 404 g/mol. The zero-order chi connectivity index (χ0) is 22.3. The molecule has 0 radical (unpaired) electrons. The van der Waals surface area contributed by atoms with Crippen LogP contribution in [0.3, 0.4) is 0 Å². The molecule has 0 aliphatic rings. The summed E-state index contributed by atoms with van der Waals surface area (Å²) in [7, 11) is 0. The molecule has 0 aliphatic heterocycles. The van der Waals surface area contributed by atoms with Crippen LogP contribution in [0, 0.1) is 10.8 Å². The first-order valence-electron chi connectivity index (χ1n) is 9.72. The summed E-state index contributed by atoms with van der Waals surface area (Å²) in [4.78, 5) is 22.9. The van der Waals surface area contributed by atoms with Crippen LogP contribution in [-0.2, 0) is 16.0 Å². The summed E-state index contributed by atoms with van der Waals surface area (Å²) < 4.78 is 11.1. The van der Waals surface area contributed by atoms with Crippen molar-refractivity contribution in [2.45, 2.75) is 40.0 Å². The minimum atomic E-state index is -0.551. The highest BCUT2D eigenvalue weighted by Crippen LogP contribution is 2.26. The number of ether oxygens (including phenoxy) is 2. The highest BCUT2D eigenvalue weighted by molar-refractivity contribution is 6.32. The van der Waals surface area contributed by atoms with Crippen LogP contribution in [0.15, 0.2) is 42.5 Å². The average molecular weight is 432 g/mol. The maximum absolute atomic E-state index is 11.9. The van der Waals surface area contributed by atoms with E-state index in [4.69, 9.17) is 26.5 Å². The second-order valence-electron chi connectivity index (χ2n) is 8.04. The Morgan fingerprint density at radius 3 is 2.30 bits per heavy atom. The first-order valence-corrected chi connectivity index (χ1v) is 10.1. The summed E-state index contributed by atoms with van der Waals surface area (Å²) in [6.45, 7) is 5.86. The molecule has 160 valence electrons. The van der Waals surface area contributed by atoms with Gasteiger partial charge in [0.25, 0.3) is 0 Å². The summed E-state index contributed by atoms with van der Waals surface area (Å²) in [5.41, 5.74) is 4.81. The maximum Gasteiger partial charge on any atom is 0.316 e. The Labute approximate surface area is 181 Å². The molecule has 4 N–H and O–H groups in total. The Kier molecular flexibility index (Phi) is 8.15. The number of halogens is 1. The van der Waals surface area contributed by atoms with Crippen LogP contribution in [0.1, 0.15) is 44.7 Å². The molecule has 0 saturated carbocycles. The van der Waals surface area contributed by atoms with Crippen LogP contribution < -0.4 is 15.2 Å². The van der Waals surface area contributed by atoms with Gasteiger partial charge >= 0.3 is 11.9 Å². The minimum absolute atomic E-state index is 0.189. The van der Waals surface area contributed by atoms with E-state index in [1.807, 2.05) is 32.9 Å². The average Bonchev–Trinajstić information content (AvgIpc) is 2.67. The summed E-state index contributed by atoms with van der Waals surface area (Å²) >= 11 is 6.27. The number of amides is 1. The Bertz CT molecular complexity index is 918. The number of benzene rings is 2. The Hall–Kier alpha value is -2.70. The first-order chi connectivity index (χ1) is 14.1. The molecule has 2 aromatic rings. The van der Waals surface area contributed by atoms with Crippen LogP contribution >= 0.6 is 11.6 Å². The van der Waals surface area contributed by atoms with Gasteiger partial charge in [0.2, 0.25) is 0 Å². The molecule has 0 aliphatic carbocycles. The van der Waals surface area contributed by atoms with E-state index in [1.54, 1.807) is 30.3 Å². The molecule has 7 heteroatoms. The van der Waals surface area contributed by atoms with Crippen molar-refractivity contribution >= 4 is 29.2 Å². The molecule has 0 saturated heterocycles. The van der Waals surface area contributed by atoms with E-state index in [-0.39, 0.29) is 18.3 Å². The molecule has 0 bridgehead atoms. The van der Waals surface area contributed by atoms with Crippen molar-refractivity contribution in [2.75, 3.05) is 6.61 Å². The lowest BCUT2D eigenvalue weighted by Gasteiger charge is -2.16. The summed E-state index contributed by atoms with van der Waals surface area (Å²) in [5, 5.41) is 8.44. The molecule has 6 nitrogen and oxygen atoms in total. The lowest BCUT2D eigenvalue weighted by atomic mass is 9.97. The predicted octanol–water partition coefficient (Wildman–Crippen LogP) is 3.83. The monoisotopic (exact) mass is 431 g/mol. The van der Waals surface area contributed by atoms with Gasteiger partial charge in [-0.1, -0.05) is 23.7 Å². The van der Waals surface area contributed by atoms with E-state index in [2.05, 4.69) is 5.73 Å². The summed E-state index contributed by atoms with van der Waals surface area (Å²) in [5.74, 6) is 0.590. The van der Waals surface area contributed by atoms with Gasteiger partial charge in [-0.15, -0.1) is 0 Å². The van der Waals surface area contributed by atoms with Gasteiger partial charge in [-0.3, -0.25) is 10.5 Å². The summed E-state index contributed by atoms with van der Waals surface area (Å²) in [6, 6.07) is 12.5. The van der Waals surface area contributed by atoms with Crippen molar-refractivity contribution in [1.29, 1.82) is 5.41 Å². The second-order valence-corrected chi connectivity index (χ2v) is 8.45. The molecular formula is C23H28ClN2O4+. The van der Waals surface area contributed by atoms with Crippen molar-refractivity contribution < 1.29 is 24.8 Å². The van der Waals surface area contributed by atoms with E-state index in [1.165, 1.54) is 0 Å². The Morgan fingerprint density at radius 1 is 1.07 bits per heavy atom. The molecule has 0 fully saturated rings. The Morgan fingerprint density at radius 2 is 1.73 bits per heavy atom. The van der Waals surface area contributed by atoms with E-state index in [0.717, 1.165) is 5.56 Å². The highest BCUT2D eigenvalue weighted by atomic mass is 35.5. The van der Waals surface area contributed by atoms with Crippen LogP contribution in [0.2, 0.25) is 5.02 Å². The van der Waals surface area contributed by atoms with Gasteiger partial charge in [0, 0.05) is 18.6 Å². The SMILES string of the molecule is CC(C)(C)C(=O)Oc1ccc(CCOc2ccc(C(=N)CCC([NH3+])=O)cc2Cl)cc1.